The second kappa shape index (κ2) is 7.57. The molecule has 2 aromatic rings. The molecule has 1 heterocycles. The van der Waals surface area contributed by atoms with Gasteiger partial charge >= 0.3 is 0 Å². The third-order valence-electron chi connectivity index (χ3n) is 4.59. The van der Waals surface area contributed by atoms with Crippen molar-refractivity contribution in [3.05, 3.63) is 45.7 Å². The lowest BCUT2D eigenvalue weighted by molar-refractivity contribution is 0.0999. The van der Waals surface area contributed by atoms with Crippen LogP contribution in [0.5, 0.6) is 0 Å². The molecule has 7 N–H and O–H groups in total. The highest BCUT2D eigenvalue weighted by molar-refractivity contribution is 5.98. The number of nitrogens with one attached hydrogen (secondary N) is 3. The van der Waals surface area contributed by atoms with Gasteiger partial charge in [-0.1, -0.05) is 25.0 Å². The Balaban J connectivity index is 1.94. The lowest BCUT2D eigenvalue weighted by Gasteiger charge is -2.29. The number of H-pyrrole nitrogens is 1. The molecule has 0 saturated heterocycles. The van der Waals surface area contributed by atoms with Crippen LogP contribution in [0.3, 0.4) is 0 Å². The molecule has 2 atom stereocenters. The zero-order chi connectivity index (χ0) is 18.7. The Morgan fingerprint density at radius 1 is 1.31 bits per heavy atom. The minimum Gasteiger partial charge on any atom is -0.365 e. The fourth-order valence-electron chi connectivity index (χ4n) is 3.23. The van der Waals surface area contributed by atoms with Crippen LogP contribution in [0.1, 0.15) is 41.6 Å². The van der Waals surface area contributed by atoms with Gasteiger partial charge in [-0.15, -0.1) is 0 Å². The van der Waals surface area contributed by atoms with Crippen LogP contribution >= 0.6 is 0 Å². The van der Waals surface area contributed by atoms with E-state index in [-0.39, 0.29) is 29.4 Å². The van der Waals surface area contributed by atoms with E-state index >= 15 is 0 Å². The molecule has 1 aromatic heterocycles. The van der Waals surface area contributed by atoms with Gasteiger partial charge in [-0.25, -0.2) is 0 Å². The summed E-state index contributed by atoms with van der Waals surface area (Å²) in [4.78, 5) is 31.1. The summed E-state index contributed by atoms with van der Waals surface area (Å²) in [6.45, 7) is 1.95. The Morgan fingerprint density at radius 2 is 2.08 bits per heavy atom. The number of carbonyl (C=O) groups is 1. The Bertz CT molecular complexity index is 863. The molecule has 1 aromatic carbocycles. The number of rotatable bonds is 5. The minimum absolute atomic E-state index is 0.00180. The van der Waals surface area contributed by atoms with E-state index in [1.165, 1.54) is 0 Å². The van der Waals surface area contributed by atoms with Crippen LogP contribution in [0.4, 0.5) is 17.5 Å². The van der Waals surface area contributed by atoms with Gasteiger partial charge in [0, 0.05) is 17.8 Å². The fourth-order valence-corrected chi connectivity index (χ4v) is 3.23. The molecule has 2 unspecified atom stereocenters. The van der Waals surface area contributed by atoms with Gasteiger partial charge in [0.15, 0.2) is 5.82 Å². The molecule has 0 bridgehead atoms. The van der Waals surface area contributed by atoms with Crippen LogP contribution in [0.25, 0.3) is 0 Å². The monoisotopic (exact) mass is 356 g/mol. The van der Waals surface area contributed by atoms with Crippen molar-refractivity contribution in [2.75, 3.05) is 10.6 Å². The quantitative estimate of drug-likeness (QED) is 0.551. The number of benzene rings is 1. The van der Waals surface area contributed by atoms with Crippen LogP contribution in [0.2, 0.25) is 0 Å². The maximum absolute atomic E-state index is 12.4. The summed E-state index contributed by atoms with van der Waals surface area (Å²) in [6, 6.07) is 7.55. The van der Waals surface area contributed by atoms with Gasteiger partial charge in [0.2, 0.25) is 5.95 Å². The number of amides is 1. The van der Waals surface area contributed by atoms with E-state index in [9.17, 15) is 9.59 Å². The van der Waals surface area contributed by atoms with Crippen LogP contribution in [0.15, 0.2) is 29.1 Å². The third kappa shape index (κ3) is 4.02. The summed E-state index contributed by atoms with van der Waals surface area (Å²) >= 11 is 0. The SMILES string of the molecule is Cc1cccc(Nc2nc(NC3CCCCC3N)[nH]c(=O)c2C(N)=O)c1. The van der Waals surface area contributed by atoms with Gasteiger partial charge in [-0.2, -0.15) is 4.98 Å². The van der Waals surface area contributed by atoms with E-state index in [0.717, 1.165) is 31.2 Å². The van der Waals surface area contributed by atoms with E-state index in [1.54, 1.807) is 0 Å². The highest BCUT2D eigenvalue weighted by atomic mass is 16.2. The topological polar surface area (TPSA) is 139 Å². The summed E-state index contributed by atoms with van der Waals surface area (Å²) in [7, 11) is 0. The maximum atomic E-state index is 12.4. The zero-order valence-electron chi connectivity index (χ0n) is 14.7. The zero-order valence-corrected chi connectivity index (χ0v) is 14.7. The molecule has 1 amide bonds. The van der Waals surface area contributed by atoms with Gasteiger partial charge in [0.1, 0.15) is 5.56 Å². The van der Waals surface area contributed by atoms with Crippen LogP contribution in [-0.2, 0) is 0 Å². The van der Waals surface area contributed by atoms with Crippen LogP contribution in [0, 0.1) is 6.92 Å². The molecule has 0 radical (unpaired) electrons. The molecule has 0 spiro atoms. The summed E-state index contributed by atoms with van der Waals surface area (Å²) in [5, 5.41) is 6.21. The largest absolute Gasteiger partial charge is 0.365 e. The van der Waals surface area contributed by atoms with Crippen molar-refractivity contribution in [3.8, 4) is 0 Å². The average molecular weight is 356 g/mol. The number of hydrogen-bond donors (Lipinski definition) is 5. The maximum Gasteiger partial charge on any atom is 0.267 e. The summed E-state index contributed by atoms with van der Waals surface area (Å²) in [5.74, 6) is -0.439. The Kier molecular flexibility index (Phi) is 5.22. The second-order valence-electron chi connectivity index (χ2n) is 6.70. The predicted octanol–water partition coefficient (Wildman–Crippen LogP) is 1.60. The second-order valence-corrected chi connectivity index (χ2v) is 6.70. The molecule has 1 aliphatic rings. The first-order valence-corrected chi connectivity index (χ1v) is 8.74. The summed E-state index contributed by atoms with van der Waals surface area (Å²) < 4.78 is 0. The van der Waals surface area contributed by atoms with Crippen molar-refractivity contribution in [2.24, 2.45) is 11.5 Å². The number of nitrogens with two attached hydrogens (primary N) is 2. The molecule has 8 nitrogen and oxygen atoms in total. The van der Waals surface area contributed by atoms with E-state index in [4.69, 9.17) is 11.5 Å². The normalized spacial score (nSPS) is 19.8. The van der Waals surface area contributed by atoms with Gasteiger partial charge in [-0.3, -0.25) is 14.6 Å². The molecule has 8 heteroatoms. The number of primary amides is 1. The number of anilines is 3. The van der Waals surface area contributed by atoms with Crippen molar-refractivity contribution in [1.82, 2.24) is 9.97 Å². The molecule has 1 saturated carbocycles. The van der Waals surface area contributed by atoms with Crippen molar-refractivity contribution >= 4 is 23.4 Å². The predicted molar refractivity (Wildman–Crippen MR) is 102 cm³/mol. The van der Waals surface area contributed by atoms with Crippen molar-refractivity contribution in [3.63, 3.8) is 0 Å². The molecule has 1 aliphatic carbocycles. The van der Waals surface area contributed by atoms with Gasteiger partial charge in [-0.05, 0) is 37.5 Å². The first-order valence-electron chi connectivity index (χ1n) is 8.74. The minimum atomic E-state index is -0.838. The first kappa shape index (κ1) is 17.9. The highest BCUT2D eigenvalue weighted by Gasteiger charge is 2.23. The van der Waals surface area contributed by atoms with Crippen LogP contribution < -0.4 is 27.7 Å². The Hall–Kier alpha value is -2.87. The molecular weight excluding hydrogens is 332 g/mol. The van der Waals surface area contributed by atoms with Crippen molar-refractivity contribution in [1.29, 1.82) is 0 Å². The Labute approximate surface area is 151 Å². The molecule has 1 fully saturated rings. The fraction of sp³-hybridized carbons (Fsp3) is 0.389. The highest BCUT2D eigenvalue weighted by Crippen LogP contribution is 2.22. The lowest BCUT2D eigenvalue weighted by atomic mass is 9.91. The standard InChI is InChI=1S/C18H24N6O2/c1-10-5-4-6-11(9-10)21-16-14(15(20)25)17(26)24-18(23-16)22-13-8-3-2-7-12(13)19/h4-6,9,12-13H,2-3,7-8,19H2,1H3,(H2,20,25)(H3,21,22,23,24,26). The first-order chi connectivity index (χ1) is 12.4. The van der Waals surface area contributed by atoms with Crippen molar-refractivity contribution < 1.29 is 4.79 Å². The third-order valence-corrected chi connectivity index (χ3v) is 4.59. The molecular formula is C18H24N6O2. The van der Waals surface area contributed by atoms with Gasteiger partial charge < -0.3 is 22.1 Å². The van der Waals surface area contributed by atoms with E-state index in [0.29, 0.717) is 5.69 Å². The molecule has 138 valence electrons. The van der Waals surface area contributed by atoms with Crippen LogP contribution in [-0.4, -0.2) is 28.0 Å². The number of carbonyl (C=O) groups excluding carboxylic acids is 1. The van der Waals surface area contributed by atoms with Gasteiger partial charge in [0.25, 0.3) is 11.5 Å². The number of aryl methyl sites for hydroxylation is 1. The molecule has 3 rings (SSSR count). The number of aromatic amines is 1. The number of nitrogens with zero attached hydrogens (tertiary/aromatic N) is 1. The number of aromatic nitrogens is 2. The smallest absolute Gasteiger partial charge is 0.267 e. The van der Waals surface area contributed by atoms with E-state index in [1.807, 2.05) is 31.2 Å². The van der Waals surface area contributed by atoms with E-state index in [2.05, 4.69) is 20.6 Å². The van der Waals surface area contributed by atoms with Crippen molar-refractivity contribution in [2.45, 2.75) is 44.7 Å². The summed E-state index contributed by atoms with van der Waals surface area (Å²) in [5.41, 5.74) is 12.5. The summed E-state index contributed by atoms with van der Waals surface area (Å²) in [6.07, 6.45) is 4.01. The van der Waals surface area contributed by atoms with Gasteiger partial charge in [0.05, 0.1) is 0 Å². The molecule has 26 heavy (non-hydrogen) atoms. The average Bonchev–Trinajstić information content (AvgIpc) is 2.56. The Morgan fingerprint density at radius 3 is 2.77 bits per heavy atom. The number of hydrogen-bond acceptors (Lipinski definition) is 6. The lowest BCUT2D eigenvalue weighted by Crippen LogP contribution is -2.43. The van der Waals surface area contributed by atoms with E-state index < -0.39 is 11.5 Å². The molecule has 0 aliphatic heterocycles.